The zero-order valence-electron chi connectivity index (χ0n) is 17.2. The Morgan fingerprint density at radius 2 is 1.81 bits per heavy atom. The predicted octanol–water partition coefficient (Wildman–Crippen LogP) is 5.80. The normalized spacial score (nSPS) is 14.3. The molecular formula is C25H19ClFNO4. The summed E-state index contributed by atoms with van der Waals surface area (Å²) in [5.41, 5.74) is 1.83. The standard InChI is InChI=1S/C25H19ClFNO4/c1-2-30-23-14-17(9-12-22(23)31-15-16-7-10-18(26)11-8-16)13-21-25(29)32-24(28-21)19-5-3-4-6-20(19)27/h3-14H,2,15H2,1H3. The lowest BCUT2D eigenvalue weighted by Gasteiger charge is -2.13. The molecule has 0 saturated heterocycles. The third-order valence-electron chi connectivity index (χ3n) is 4.60. The molecule has 5 nitrogen and oxygen atoms in total. The molecule has 0 spiro atoms. The van der Waals surface area contributed by atoms with Crippen molar-refractivity contribution < 1.29 is 23.4 Å². The molecule has 32 heavy (non-hydrogen) atoms. The van der Waals surface area contributed by atoms with Crippen LogP contribution in [0.25, 0.3) is 6.08 Å². The molecule has 1 heterocycles. The summed E-state index contributed by atoms with van der Waals surface area (Å²) in [5.74, 6) is -0.133. The molecule has 0 N–H and O–H groups in total. The number of hydrogen-bond donors (Lipinski definition) is 0. The summed E-state index contributed by atoms with van der Waals surface area (Å²) < 4.78 is 30.7. The second-order valence-corrected chi connectivity index (χ2v) is 7.31. The van der Waals surface area contributed by atoms with E-state index in [1.807, 2.05) is 19.1 Å². The molecule has 0 aliphatic carbocycles. The highest BCUT2D eigenvalue weighted by molar-refractivity contribution is 6.30. The van der Waals surface area contributed by atoms with Gasteiger partial charge in [0.25, 0.3) is 0 Å². The number of carbonyl (C=O) groups is 1. The Hall–Kier alpha value is -3.64. The Morgan fingerprint density at radius 1 is 1.03 bits per heavy atom. The van der Waals surface area contributed by atoms with Crippen LogP contribution in [-0.2, 0) is 16.1 Å². The number of benzene rings is 3. The maximum absolute atomic E-state index is 14.0. The van der Waals surface area contributed by atoms with Crippen molar-refractivity contribution in [3.05, 3.63) is 100.0 Å². The first-order chi connectivity index (χ1) is 15.5. The molecule has 7 heteroatoms. The van der Waals surface area contributed by atoms with E-state index in [4.69, 9.17) is 25.8 Å². The van der Waals surface area contributed by atoms with Crippen molar-refractivity contribution in [2.24, 2.45) is 4.99 Å². The molecule has 1 aliphatic rings. The van der Waals surface area contributed by atoms with E-state index in [0.717, 1.165) is 5.56 Å². The molecule has 0 unspecified atom stereocenters. The van der Waals surface area contributed by atoms with Gasteiger partial charge in [-0.3, -0.25) is 0 Å². The summed E-state index contributed by atoms with van der Waals surface area (Å²) in [5, 5.41) is 0.660. The molecule has 0 aromatic heterocycles. The fourth-order valence-corrected chi connectivity index (χ4v) is 3.19. The van der Waals surface area contributed by atoms with Gasteiger partial charge in [-0.2, -0.15) is 0 Å². The predicted molar refractivity (Wildman–Crippen MR) is 120 cm³/mol. The molecule has 0 amide bonds. The number of cyclic esters (lactones) is 1. The third-order valence-corrected chi connectivity index (χ3v) is 4.86. The van der Waals surface area contributed by atoms with Gasteiger partial charge in [0, 0.05) is 5.02 Å². The monoisotopic (exact) mass is 451 g/mol. The van der Waals surface area contributed by atoms with E-state index in [9.17, 15) is 9.18 Å². The summed E-state index contributed by atoms with van der Waals surface area (Å²) in [6, 6.07) is 18.6. The van der Waals surface area contributed by atoms with Gasteiger partial charge >= 0.3 is 5.97 Å². The lowest BCUT2D eigenvalue weighted by Crippen LogP contribution is -2.07. The van der Waals surface area contributed by atoms with E-state index >= 15 is 0 Å². The van der Waals surface area contributed by atoms with E-state index in [2.05, 4.69) is 4.99 Å². The minimum atomic E-state index is -0.649. The Balaban J connectivity index is 1.56. The second kappa shape index (κ2) is 9.66. The fourth-order valence-electron chi connectivity index (χ4n) is 3.06. The van der Waals surface area contributed by atoms with E-state index in [-0.39, 0.29) is 17.2 Å². The van der Waals surface area contributed by atoms with Crippen LogP contribution in [0.15, 0.2) is 77.4 Å². The van der Waals surface area contributed by atoms with Crippen LogP contribution in [0, 0.1) is 5.82 Å². The number of nitrogens with zero attached hydrogens (tertiary/aromatic N) is 1. The van der Waals surface area contributed by atoms with Crippen LogP contribution in [0.2, 0.25) is 5.02 Å². The molecular weight excluding hydrogens is 433 g/mol. The minimum absolute atomic E-state index is 0.0627. The van der Waals surface area contributed by atoms with Gasteiger partial charge in [-0.1, -0.05) is 41.9 Å². The van der Waals surface area contributed by atoms with Crippen molar-refractivity contribution in [1.29, 1.82) is 0 Å². The van der Waals surface area contributed by atoms with Crippen LogP contribution >= 0.6 is 11.6 Å². The van der Waals surface area contributed by atoms with Gasteiger partial charge in [-0.15, -0.1) is 0 Å². The van der Waals surface area contributed by atoms with E-state index in [1.54, 1.807) is 48.5 Å². The molecule has 1 aliphatic heterocycles. The Bertz CT molecular complexity index is 1200. The van der Waals surface area contributed by atoms with Crippen molar-refractivity contribution in [3.8, 4) is 11.5 Å². The molecule has 0 saturated carbocycles. The van der Waals surface area contributed by atoms with Crippen LogP contribution in [0.1, 0.15) is 23.6 Å². The first kappa shape index (κ1) is 21.6. The molecule has 0 bridgehead atoms. The van der Waals surface area contributed by atoms with E-state index in [0.29, 0.717) is 35.3 Å². The average molecular weight is 452 g/mol. The summed E-state index contributed by atoms with van der Waals surface area (Å²) in [6.45, 7) is 2.66. The van der Waals surface area contributed by atoms with Crippen molar-refractivity contribution in [1.82, 2.24) is 0 Å². The number of hydrogen-bond acceptors (Lipinski definition) is 5. The maximum atomic E-state index is 14.0. The highest BCUT2D eigenvalue weighted by Crippen LogP contribution is 2.31. The Labute approximate surface area is 189 Å². The van der Waals surface area contributed by atoms with Gasteiger partial charge in [0.05, 0.1) is 12.2 Å². The molecule has 162 valence electrons. The van der Waals surface area contributed by atoms with Crippen LogP contribution in [0.3, 0.4) is 0 Å². The molecule has 0 fully saturated rings. The molecule has 0 radical (unpaired) electrons. The van der Waals surface area contributed by atoms with Crippen LogP contribution in [-0.4, -0.2) is 18.5 Å². The fraction of sp³-hybridized carbons (Fsp3) is 0.120. The van der Waals surface area contributed by atoms with Crippen molar-refractivity contribution >= 4 is 29.5 Å². The zero-order valence-corrected chi connectivity index (χ0v) is 17.9. The quantitative estimate of drug-likeness (QED) is 0.336. The highest BCUT2D eigenvalue weighted by Gasteiger charge is 2.26. The molecule has 3 aromatic rings. The van der Waals surface area contributed by atoms with Gasteiger partial charge in [0.2, 0.25) is 5.90 Å². The van der Waals surface area contributed by atoms with Crippen LogP contribution < -0.4 is 9.47 Å². The van der Waals surface area contributed by atoms with E-state index < -0.39 is 11.8 Å². The third kappa shape index (κ3) is 4.98. The number of ether oxygens (including phenoxy) is 3. The number of esters is 1. The lowest BCUT2D eigenvalue weighted by molar-refractivity contribution is -0.129. The smallest absolute Gasteiger partial charge is 0.363 e. The summed E-state index contributed by atoms with van der Waals surface area (Å²) in [4.78, 5) is 16.4. The zero-order chi connectivity index (χ0) is 22.5. The SMILES string of the molecule is CCOc1cc(C=C2N=C(c3ccccc3F)OC2=O)ccc1OCc1ccc(Cl)cc1. The van der Waals surface area contributed by atoms with E-state index in [1.165, 1.54) is 12.1 Å². The first-order valence-corrected chi connectivity index (χ1v) is 10.3. The van der Waals surface area contributed by atoms with Gasteiger partial charge in [0.1, 0.15) is 12.4 Å². The summed E-state index contributed by atoms with van der Waals surface area (Å²) >= 11 is 5.92. The maximum Gasteiger partial charge on any atom is 0.363 e. The van der Waals surface area contributed by atoms with Crippen molar-refractivity contribution in [2.75, 3.05) is 6.61 Å². The summed E-state index contributed by atoms with van der Waals surface area (Å²) in [6.07, 6.45) is 1.56. The number of aliphatic imine (C=N–C) groups is 1. The first-order valence-electron chi connectivity index (χ1n) is 9.95. The average Bonchev–Trinajstić information content (AvgIpc) is 3.15. The van der Waals surface area contributed by atoms with Gasteiger partial charge in [-0.05, 0) is 60.5 Å². The molecule has 4 rings (SSSR count). The number of halogens is 2. The molecule has 3 aromatic carbocycles. The lowest BCUT2D eigenvalue weighted by atomic mass is 10.1. The van der Waals surface area contributed by atoms with Crippen molar-refractivity contribution in [2.45, 2.75) is 13.5 Å². The van der Waals surface area contributed by atoms with Crippen LogP contribution in [0.4, 0.5) is 4.39 Å². The van der Waals surface area contributed by atoms with Gasteiger partial charge in [-0.25, -0.2) is 14.2 Å². The summed E-state index contributed by atoms with van der Waals surface area (Å²) in [7, 11) is 0. The van der Waals surface area contributed by atoms with Crippen molar-refractivity contribution in [3.63, 3.8) is 0 Å². The van der Waals surface area contributed by atoms with Crippen LogP contribution in [0.5, 0.6) is 11.5 Å². The minimum Gasteiger partial charge on any atom is -0.490 e. The number of rotatable bonds is 7. The second-order valence-electron chi connectivity index (χ2n) is 6.87. The molecule has 0 atom stereocenters. The van der Waals surface area contributed by atoms with Gasteiger partial charge in [0.15, 0.2) is 17.2 Å². The Morgan fingerprint density at radius 3 is 2.56 bits per heavy atom. The van der Waals surface area contributed by atoms with Gasteiger partial charge < -0.3 is 14.2 Å². The number of carbonyl (C=O) groups excluding carboxylic acids is 1. The largest absolute Gasteiger partial charge is 0.490 e. The Kier molecular flexibility index (Phi) is 6.52. The topological polar surface area (TPSA) is 57.1 Å². The highest BCUT2D eigenvalue weighted by atomic mass is 35.5.